The lowest BCUT2D eigenvalue weighted by Crippen LogP contribution is -2.35. The first-order valence-corrected chi connectivity index (χ1v) is 12.2. The van der Waals surface area contributed by atoms with Gasteiger partial charge in [-0.2, -0.15) is 14.6 Å². The van der Waals surface area contributed by atoms with E-state index in [2.05, 4.69) is 30.3 Å². The summed E-state index contributed by atoms with van der Waals surface area (Å²) < 4.78 is 13.6. The Balaban J connectivity index is 1.19. The van der Waals surface area contributed by atoms with Crippen molar-refractivity contribution in [2.75, 3.05) is 18.1 Å². The molecule has 1 N–H and O–H groups in total. The molecule has 4 heterocycles. The van der Waals surface area contributed by atoms with Crippen LogP contribution in [0.5, 0.6) is 11.6 Å². The van der Waals surface area contributed by atoms with Crippen LogP contribution in [-0.4, -0.2) is 49.9 Å². The molecule has 3 aromatic heterocycles. The first kappa shape index (κ1) is 22.7. The quantitative estimate of drug-likeness (QED) is 0.361. The Morgan fingerprint density at radius 1 is 1.05 bits per heavy atom. The molecule has 0 aliphatic carbocycles. The molecule has 1 aliphatic rings. The molecule has 0 unspecified atom stereocenters. The summed E-state index contributed by atoms with van der Waals surface area (Å²) in [4.78, 5) is 27.7. The fourth-order valence-electron chi connectivity index (χ4n) is 4.63. The molecule has 2 aromatic carbocycles. The summed E-state index contributed by atoms with van der Waals surface area (Å²) >= 11 is 0. The Morgan fingerprint density at radius 3 is 2.84 bits per heavy atom. The maximum Gasteiger partial charge on any atom is 0.414 e. The zero-order valence-corrected chi connectivity index (χ0v) is 20.0. The maximum atomic E-state index is 12.4. The van der Waals surface area contributed by atoms with Crippen LogP contribution in [0.3, 0.4) is 0 Å². The predicted octanol–water partition coefficient (Wildman–Crippen LogP) is 4.01. The van der Waals surface area contributed by atoms with Gasteiger partial charge in [0.1, 0.15) is 24.5 Å². The number of nitrogens with zero attached hydrogens (tertiary/aromatic N) is 6. The smallest absolute Gasteiger partial charge is 0.414 e. The summed E-state index contributed by atoms with van der Waals surface area (Å²) in [6.45, 7) is 1.70. The molecule has 6 rings (SSSR count). The normalized spacial score (nSPS) is 15.2. The third-order valence-electron chi connectivity index (χ3n) is 6.39. The lowest BCUT2D eigenvalue weighted by Gasteiger charge is -2.26. The molecule has 0 spiro atoms. The van der Waals surface area contributed by atoms with E-state index in [9.17, 15) is 4.79 Å². The number of amides is 1. The highest BCUT2D eigenvalue weighted by Crippen LogP contribution is 2.31. The van der Waals surface area contributed by atoms with Crippen molar-refractivity contribution in [3.05, 3.63) is 84.8 Å². The van der Waals surface area contributed by atoms with Crippen molar-refractivity contribution in [3.8, 4) is 11.6 Å². The maximum absolute atomic E-state index is 12.4. The van der Waals surface area contributed by atoms with Crippen molar-refractivity contribution in [2.24, 2.45) is 0 Å². The number of pyridine rings is 1. The molecule has 186 valence electrons. The van der Waals surface area contributed by atoms with Gasteiger partial charge in [-0.15, -0.1) is 0 Å². The molecule has 1 aliphatic heterocycles. The van der Waals surface area contributed by atoms with Crippen molar-refractivity contribution in [2.45, 2.75) is 25.4 Å². The van der Waals surface area contributed by atoms with E-state index < -0.39 is 6.09 Å². The summed E-state index contributed by atoms with van der Waals surface area (Å²) in [7, 11) is 0. The van der Waals surface area contributed by atoms with Gasteiger partial charge in [-0.25, -0.2) is 14.8 Å². The van der Waals surface area contributed by atoms with Gasteiger partial charge in [-0.05, 0) is 36.6 Å². The largest absolute Gasteiger partial charge is 0.491 e. The van der Waals surface area contributed by atoms with Gasteiger partial charge in [0, 0.05) is 30.7 Å². The van der Waals surface area contributed by atoms with E-state index in [0.29, 0.717) is 30.2 Å². The van der Waals surface area contributed by atoms with Gasteiger partial charge in [0.25, 0.3) is 5.78 Å². The molecule has 10 nitrogen and oxygen atoms in total. The number of ether oxygens (including phenoxy) is 2. The average molecular weight is 496 g/mol. The Bertz CT molecular complexity index is 1540. The number of carbonyl (C=O) groups is 1. The molecule has 10 heteroatoms. The zero-order valence-electron chi connectivity index (χ0n) is 20.0. The molecule has 0 saturated carbocycles. The van der Waals surface area contributed by atoms with Gasteiger partial charge < -0.3 is 19.7 Å². The van der Waals surface area contributed by atoms with Crippen molar-refractivity contribution in [1.29, 1.82) is 0 Å². The number of rotatable bonds is 7. The monoisotopic (exact) mass is 495 g/mol. The molecule has 1 saturated heterocycles. The molecule has 1 atom stereocenters. The number of benzene rings is 2. The number of para-hydroxylation sites is 1. The number of aromatic nitrogens is 5. The van der Waals surface area contributed by atoms with Gasteiger partial charge >= 0.3 is 6.09 Å². The Morgan fingerprint density at radius 2 is 1.92 bits per heavy atom. The fourth-order valence-corrected chi connectivity index (χ4v) is 4.63. The van der Waals surface area contributed by atoms with E-state index in [1.54, 1.807) is 16.8 Å². The SMILES string of the molecule is O=C(NCc1ccccc1)Oc1cc(OC[C@H]2CCCN2c2ccnc3ncnn23)c2ccccc2n1. The predicted molar refractivity (Wildman–Crippen MR) is 138 cm³/mol. The van der Waals surface area contributed by atoms with Gasteiger partial charge in [-0.3, -0.25) is 0 Å². The molecular formula is C27H25N7O3. The standard InChI is InChI=1S/C27H25N7O3/c35-27(29-16-19-7-2-1-3-8-19)37-24-15-23(21-10-4-5-11-22(21)32-24)36-17-20-9-6-14-33(20)25-12-13-28-26-30-18-31-34(25)26/h1-5,7-8,10-13,15,18,20H,6,9,14,16-17H2,(H,29,35)/t20-/m1/s1. The Labute approximate surface area is 212 Å². The number of anilines is 1. The number of hydrogen-bond donors (Lipinski definition) is 1. The lowest BCUT2D eigenvalue weighted by atomic mass is 10.2. The van der Waals surface area contributed by atoms with Gasteiger partial charge in [0.15, 0.2) is 0 Å². The number of fused-ring (bicyclic) bond motifs is 2. The van der Waals surface area contributed by atoms with E-state index in [0.717, 1.165) is 36.2 Å². The summed E-state index contributed by atoms with van der Waals surface area (Å²) in [5.41, 5.74) is 1.67. The van der Waals surface area contributed by atoms with Crippen LogP contribution in [0.1, 0.15) is 18.4 Å². The van der Waals surface area contributed by atoms with Crippen molar-refractivity contribution in [1.82, 2.24) is 29.9 Å². The highest BCUT2D eigenvalue weighted by atomic mass is 16.6. The van der Waals surface area contributed by atoms with Crippen LogP contribution in [0, 0.1) is 0 Å². The molecule has 0 bridgehead atoms. The summed E-state index contributed by atoms with van der Waals surface area (Å²) in [6.07, 6.45) is 4.70. The van der Waals surface area contributed by atoms with Crippen LogP contribution in [0.15, 0.2) is 79.3 Å². The second kappa shape index (κ2) is 10.1. The van der Waals surface area contributed by atoms with Gasteiger partial charge in [-0.1, -0.05) is 42.5 Å². The number of carbonyl (C=O) groups excluding carboxylic acids is 1. The highest BCUT2D eigenvalue weighted by molar-refractivity contribution is 5.86. The highest BCUT2D eigenvalue weighted by Gasteiger charge is 2.28. The minimum Gasteiger partial charge on any atom is -0.491 e. The fraction of sp³-hybridized carbons (Fsp3) is 0.222. The van der Waals surface area contributed by atoms with E-state index in [1.807, 2.05) is 60.7 Å². The Hall–Kier alpha value is -4.73. The van der Waals surface area contributed by atoms with Crippen molar-refractivity contribution >= 4 is 28.6 Å². The molecule has 1 amide bonds. The summed E-state index contributed by atoms with van der Waals surface area (Å²) in [6, 6.07) is 21.1. The van der Waals surface area contributed by atoms with E-state index in [4.69, 9.17) is 9.47 Å². The molecule has 1 fully saturated rings. The van der Waals surface area contributed by atoms with Crippen LogP contribution < -0.4 is 19.7 Å². The van der Waals surface area contributed by atoms with Gasteiger partial charge in [0.2, 0.25) is 5.88 Å². The Kier molecular flexibility index (Phi) is 6.20. The van der Waals surface area contributed by atoms with E-state index >= 15 is 0 Å². The average Bonchev–Trinajstić information content (AvgIpc) is 3.61. The summed E-state index contributed by atoms with van der Waals surface area (Å²) in [5, 5.41) is 7.94. The summed E-state index contributed by atoms with van der Waals surface area (Å²) in [5.74, 6) is 2.30. The molecular weight excluding hydrogens is 470 g/mol. The molecule has 5 aromatic rings. The zero-order chi connectivity index (χ0) is 25.0. The number of hydrogen-bond acceptors (Lipinski definition) is 8. The van der Waals surface area contributed by atoms with Crippen molar-refractivity contribution < 1.29 is 14.3 Å². The van der Waals surface area contributed by atoms with E-state index in [-0.39, 0.29) is 11.9 Å². The van der Waals surface area contributed by atoms with Crippen LogP contribution in [0.25, 0.3) is 16.7 Å². The van der Waals surface area contributed by atoms with E-state index in [1.165, 1.54) is 6.33 Å². The second-order valence-electron chi connectivity index (χ2n) is 8.78. The van der Waals surface area contributed by atoms with Crippen LogP contribution >= 0.6 is 0 Å². The molecule has 37 heavy (non-hydrogen) atoms. The number of nitrogens with one attached hydrogen (secondary N) is 1. The lowest BCUT2D eigenvalue weighted by molar-refractivity contribution is 0.198. The van der Waals surface area contributed by atoms with Crippen LogP contribution in [-0.2, 0) is 6.54 Å². The van der Waals surface area contributed by atoms with Gasteiger partial charge in [0.05, 0.1) is 11.6 Å². The first-order valence-electron chi connectivity index (χ1n) is 12.2. The van der Waals surface area contributed by atoms with Crippen LogP contribution in [0.4, 0.5) is 10.6 Å². The second-order valence-corrected chi connectivity index (χ2v) is 8.78. The van der Waals surface area contributed by atoms with Crippen LogP contribution in [0.2, 0.25) is 0 Å². The topological polar surface area (TPSA) is 107 Å². The van der Waals surface area contributed by atoms with Crippen molar-refractivity contribution in [3.63, 3.8) is 0 Å². The third-order valence-corrected chi connectivity index (χ3v) is 6.39. The third kappa shape index (κ3) is 4.86. The minimum atomic E-state index is -0.575. The molecule has 0 radical (unpaired) electrons. The minimum absolute atomic E-state index is 0.139. The first-order chi connectivity index (χ1) is 18.2.